The van der Waals surface area contributed by atoms with Gasteiger partial charge in [-0.25, -0.2) is 4.68 Å². The minimum atomic E-state index is -1.27. The van der Waals surface area contributed by atoms with Crippen LogP contribution in [0.2, 0.25) is 0 Å². The molecule has 182 valence electrons. The molecular weight excluding hydrogens is 493 g/mol. The molecule has 3 aromatic carbocycles. The molecule has 5 aromatic rings. The summed E-state index contributed by atoms with van der Waals surface area (Å²) < 4.78 is 7.33. The van der Waals surface area contributed by atoms with Crippen molar-refractivity contribution in [1.82, 2.24) is 14.8 Å². The number of nitrogen functional groups attached to an aromatic ring is 1. The Morgan fingerprint density at radius 1 is 0.921 bits per heavy atom. The third kappa shape index (κ3) is 6.09. The molecule has 38 heavy (non-hydrogen) atoms. The van der Waals surface area contributed by atoms with Gasteiger partial charge in [0.2, 0.25) is 0 Å². The number of anilines is 2. The number of carboxylic acid groups (broad SMARTS) is 1. The monoisotopic (exact) mass is 513 g/mol. The fourth-order valence-electron chi connectivity index (χ4n) is 3.73. The standard InChI is InChI=1S/C28H21N5O4.Na/c29-20-13-21(15-24(14-20)37-23-7-4-12-30-16-23)31-27(34)25-17-33(22-10-8-19(9-11-22)28(35)36)32-26(25)18-5-2-1-3-6-18;/h1-17H,29H2,(H,31,34)(H,35,36);/q;+1/p-1. The first-order chi connectivity index (χ1) is 18.0. The van der Waals surface area contributed by atoms with Gasteiger partial charge in [0.1, 0.15) is 17.2 Å². The Labute approximate surface area is 240 Å². The number of carbonyl (C=O) groups is 2. The number of aromatic nitrogens is 3. The van der Waals surface area contributed by atoms with Gasteiger partial charge in [-0.1, -0.05) is 42.5 Å². The molecule has 1 amide bonds. The number of nitrogens with two attached hydrogens (primary N) is 1. The summed E-state index contributed by atoms with van der Waals surface area (Å²) in [5.41, 5.74) is 9.03. The second-order valence-corrected chi connectivity index (χ2v) is 8.07. The zero-order valence-electron chi connectivity index (χ0n) is 20.4. The molecule has 0 aliphatic rings. The van der Waals surface area contributed by atoms with Gasteiger partial charge in [-0.3, -0.25) is 9.78 Å². The molecule has 5 rings (SSSR count). The zero-order valence-corrected chi connectivity index (χ0v) is 22.4. The number of aromatic carboxylic acids is 1. The predicted octanol–water partition coefficient (Wildman–Crippen LogP) is 0.929. The van der Waals surface area contributed by atoms with E-state index in [0.29, 0.717) is 39.8 Å². The van der Waals surface area contributed by atoms with Crippen molar-refractivity contribution in [1.29, 1.82) is 0 Å². The quantitative estimate of drug-likeness (QED) is 0.244. The van der Waals surface area contributed by atoms with Crippen LogP contribution in [0.5, 0.6) is 11.5 Å². The van der Waals surface area contributed by atoms with E-state index < -0.39 is 11.9 Å². The van der Waals surface area contributed by atoms with Crippen molar-refractivity contribution >= 4 is 23.3 Å². The predicted molar refractivity (Wildman–Crippen MR) is 136 cm³/mol. The van der Waals surface area contributed by atoms with Crippen LogP contribution < -0.4 is 50.5 Å². The first kappa shape index (κ1) is 26.6. The second kappa shape index (κ2) is 11.7. The van der Waals surface area contributed by atoms with Gasteiger partial charge in [-0.2, -0.15) is 5.10 Å². The number of nitrogens with zero attached hydrogens (tertiary/aromatic N) is 3. The third-order valence-electron chi connectivity index (χ3n) is 5.43. The molecule has 9 nitrogen and oxygen atoms in total. The molecule has 3 N–H and O–H groups in total. The molecule has 2 aromatic heterocycles. The maximum absolute atomic E-state index is 13.4. The maximum atomic E-state index is 13.4. The van der Waals surface area contributed by atoms with E-state index in [4.69, 9.17) is 10.5 Å². The minimum absolute atomic E-state index is 0. The zero-order chi connectivity index (χ0) is 25.8. The van der Waals surface area contributed by atoms with Crippen molar-refractivity contribution < 1.29 is 49.0 Å². The van der Waals surface area contributed by atoms with Crippen LogP contribution in [0.4, 0.5) is 11.4 Å². The second-order valence-electron chi connectivity index (χ2n) is 8.07. The van der Waals surface area contributed by atoms with Crippen LogP contribution in [-0.2, 0) is 0 Å². The first-order valence-electron chi connectivity index (χ1n) is 11.2. The van der Waals surface area contributed by atoms with Crippen molar-refractivity contribution in [3.8, 4) is 28.4 Å². The van der Waals surface area contributed by atoms with Gasteiger partial charge in [0, 0.05) is 41.5 Å². The number of ether oxygens (including phenoxy) is 1. The van der Waals surface area contributed by atoms with E-state index in [1.54, 1.807) is 61.1 Å². The van der Waals surface area contributed by atoms with Crippen LogP contribution in [0.3, 0.4) is 0 Å². The first-order valence-corrected chi connectivity index (χ1v) is 11.2. The van der Waals surface area contributed by atoms with Crippen LogP contribution in [-0.4, -0.2) is 26.6 Å². The smallest absolute Gasteiger partial charge is 0.545 e. The fourth-order valence-corrected chi connectivity index (χ4v) is 3.73. The van der Waals surface area contributed by atoms with Gasteiger partial charge < -0.3 is 25.7 Å². The molecule has 10 heteroatoms. The number of benzene rings is 3. The number of carbonyl (C=O) groups excluding carboxylic acids is 2. The van der Waals surface area contributed by atoms with Crippen LogP contribution in [0, 0.1) is 0 Å². The van der Waals surface area contributed by atoms with E-state index in [1.165, 1.54) is 16.8 Å². The average molecular weight is 513 g/mol. The maximum Gasteiger partial charge on any atom is 1.00 e. The SMILES string of the molecule is Nc1cc(NC(=O)c2cn(-c3ccc(C(=O)[O-])cc3)nc2-c2ccccc2)cc(Oc2cccnc2)c1.[Na+]. The summed E-state index contributed by atoms with van der Waals surface area (Å²) >= 11 is 0. The number of hydrogen-bond donors (Lipinski definition) is 2. The number of rotatable bonds is 7. The van der Waals surface area contributed by atoms with E-state index in [0.717, 1.165) is 5.56 Å². The molecule has 0 aliphatic heterocycles. The summed E-state index contributed by atoms with van der Waals surface area (Å²) in [7, 11) is 0. The van der Waals surface area contributed by atoms with Crippen molar-refractivity contribution in [3.05, 3.63) is 115 Å². The molecule has 0 saturated carbocycles. The molecule has 0 bridgehead atoms. The summed E-state index contributed by atoms with van der Waals surface area (Å²) in [5.74, 6) is -0.710. The number of carboxylic acids is 1. The van der Waals surface area contributed by atoms with Gasteiger partial charge in [0.25, 0.3) is 5.91 Å². The molecule has 0 atom stereocenters. The molecule has 0 unspecified atom stereocenters. The van der Waals surface area contributed by atoms with Gasteiger partial charge in [0.15, 0.2) is 0 Å². The largest absolute Gasteiger partial charge is 1.00 e. The van der Waals surface area contributed by atoms with Gasteiger partial charge in [-0.15, -0.1) is 0 Å². The summed E-state index contributed by atoms with van der Waals surface area (Å²) in [6.07, 6.45) is 4.80. The molecule has 0 spiro atoms. The Kier molecular flexibility index (Phi) is 8.22. The molecule has 0 aliphatic carbocycles. The van der Waals surface area contributed by atoms with Gasteiger partial charge in [-0.05, 0) is 35.9 Å². The van der Waals surface area contributed by atoms with E-state index >= 15 is 0 Å². The normalized spacial score (nSPS) is 10.3. The Bertz CT molecular complexity index is 1570. The van der Waals surface area contributed by atoms with Gasteiger partial charge in [0.05, 0.1) is 23.4 Å². The van der Waals surface area contributed by atoms with Crippen LogP contribution in [0.15, 0.2) is 104 Å². The number of nitrogens with one attached hydrogen (secondary N) is 1. The average Bonchev–Trinajstić information content (AvgIpc) is 3.35. The van der Waals surface area contributed by atoms with Crippen molar-refractivity contribution in [2.45, 2.75) is 0 Å². The number of pyridine rings is 1. The van der Waals surface area contributed by atoms with Crippen LogP contribution in [0.25, 0.3) is 16.9 Å². The van der Waals surface area contributed by atoms with Crippen molar-refractivity contribution in [2.24, 2.45) is 0 Å². The van der Waals surface area contributed by atoms with E-state index in [-0.39, 0.29) is 35.1 Å². The van der Waals surface area contributed by atoms with Crippen molar-refractivity contribution in [2.75, 3.05) is 11.1 Å². The Hall–Kier alpha value is -4.44. The minimum Gasteiger partial charge on any atom is -0.545 e. The molecule has 2 heterocycles. The number of amides is 1. The number of hydrogen-bond acceptors (Lipinski definition) is 7. The Morgan fingerprint density at radius 2 is 1.68 bits per heavy atom. The van der Waals surface area contributed by atoms with Crippen molar-refractivity contribution in [3.63, 3.8) is 0 Å². The van der Waals surface area contributed by atoms with E-state index in [9.17, 15) is 14.7 Å². The van der Waals surface area contributed by atoms with E-state index in [1.807, 2.05) is 30.3 Å². The molecular formula is C28H20N5NaO4. The Balaban J connectivity index is 0.00000336. The van der Waals surface area contributed by atoms with Gasteiger partial charge >= 0.3 is 29.6 Å². The fraction of sp³-hybridized carbons (Fsp3) is 0. The third-order valence-corrected chi connectivity index (χ3v) is 5.43. The molecule has 0 radical (unpaired) electrons. The summed E-state index contributed by atoms with van der Waals surface area (Å²) in [5, 5.41) is 18.6. The molecule has 0 fully saturated rings. The van der Waals surface area contributed by atoms with Crippen LogP contribution in [0.1, 0.15) is 20.7 Å². The topological polar surface area (TPSA) is 135 Å². The summed E-state index contributed by atoms with van der Waals surface area (Å²) in [6.45, 7) is 0. The summed E-state index contributed by atoms with van der Waals surface area (Å²) in [4.78, 5) is 28.6. The summed E-state index contributed by atoms with van der Waals surface area (Å²) in [6, 6.07) is 23.7. The van der Waals surface area contributed by atoms with E-state index in [2.05, 4.69) is 15.4 Å². The van der Waals surface area contributed by atoms with Crippen LogP contribution >= 0.6 is 0 Å². The molecule has 0 saturated heterocycles. The Morgan fingerprint density at radius 3 is 2.37 bits per heavy atom.